The van der Waals surface area contributed by atoms with Crippen LogP contribution in [0.4, 0.5) is 0 Å². The van der Waals surface area contributed by atoms with E-state index in [-0.39, 0.29) is 6.04 Å². The maximum Gasteiger partial charge on any atom is 0.124 e. The lowest BCUT2D eigenvalue weighted by atomic mass is 9.91. The summed E-state index contributed by atoms with van der Waals surface area (Å²) in [5.74, 6) is 0.965. The number of benzene rings is 2. The monoisotopic (exact) mass is 414 g/mol. The van der Waals surface area contributed by atoms with Crippen LogP contribution in [-0.2, 0) is 19.5 Å². The Morgan fingerprint density at radius 2 is 1.90 bits per heavy atom. The molecule has 1 aliphatic heterocycles. The fraction of sp³-hybridized carbons (Fsp3) is 0.346. The summed E-state index contributed by atoms with van der Waals surface area (Å²) >= 11 is 0. The molecule has 0 radical (unpaired) electrons. The Hall–Kier alpha value is -3.05. The van der Waals surface area contributed by atoms with Gasteiger partial charge in [-0.2, -0.15) is 5.10 Å². The highest BCUT2D eigenvalue weighted by atomic mass is 16.5. The summed E-state index contributed by atoms with van der Waals surface area (Å²) < 4.78 is 8.10. The zero-order valence-corrected chi connectivity index (χ0v) is 18.6. The quantitative estimate of drug-likeness (QED) is 0.469. The predicted octanol–water partition coefficient (Wildman–Crippen LogP) is 5.24. The Balaban J connectivity index is 1.63. The summed E-state index contributed by atoms with van der Waals surface area (Å²) in [4.78, 5) is 6.33. The van der Waals surface area contributed by atoms with Crippen molar-refractivity contribution in [3.63, 3.8) is 0 Å². The van der Waals surface area contributed by atoms with Gasteiger partial charge in [-0.05, 0) is 44.9 Å². The van der Waals surface area contributed by atoms with Gasteiger partial charge in [0.2, 0.25) is 0 Å². The van der Waals surface area contributed by atoms with E-state index in [1.54, 1.807) is 0 Å². The molecule has 0 spiro atoms. The second-order valence-corrected chi connectivity index (χ2v) is 8.25. The van der Waals surface area contributed by atoms with Crippen molar-refractivity contribution in [3.8, 4) is 5.75 Å². The lowest BCUT2D eigenvalue weighted by molar-refractivity contribution is 0.196. The number of hydrogen-bond acceptors (Lipinski definition) is 3. The Kier molecular flexibility index (Phi) is 5.28. The molecule has 4 aromatic rings. The third-order valence-electron chi connectivity index (χ3n) is 6.39. The van der Waals surface area contributed by atoms with E-state index in [9.17, 15) is 0 Å². The zero-order chi connectivity index (χ0) is 21.4. The number of fused-ring (bicyclic) bond motifs is 3. The SMILES string of the molecule is CCOc1ccccc1[C@@H]1c2[nH]c3ccccc3c2CCN1Cc1cn(CC)nc1C. The van der Waals surface area contributed by atoms with Gasteiger partial charge in [-0.3, -0.25) is 9.58 Å². The predicted molar refractivity (Wildman–Crippen MR) is 125 cm³/mol. The number of ether oxygens (including phenoxy) is 1. The van der Waals surface area contributed by atoms with Crippen molar-refractivity contribution in [2.45, 2.75) is 46.3 Å². The molecule has 2 aromatic heterocycles. The van der Waals surface area contributed by atoms with Crippen LogP contribution in [0.3, 0.4) is 0 Å². The van der Waals surface area contributed by atoms with Gasteiger partial charge in [0.1, 0.15) is 5.75 Å². The van der Waals surface area contributed by atoms with Gasteiger partial charge in [0.15, 0.2) is 0 Å². The van der Waals surface area contributed by atoms with Crippen LogP contribution < -0.4 is 4.74 Å². The van der Waals surface area contributed by atoms with Gasteiger partial charge in [0.05, 0.1) is 18.3 Å². The minimum atomic E-state index is 0.114. The van der Waals surface area contributed by atoms with Crippen LogP contribution in [0, 0.1) is 6.92 Å². The highest BCUT2D eigenvalue weighted by molar-refractivity contribution is 5.85. The number of H-pyrrole nitrogens is 1. The van der Waals surface area contributed by atoms with Crippen molar-refractivity contribution in [1.82, 2.24) is 19.7 Å². The maximum atomic E-state index is 6.07. The molecule has 5 heteroatoms. The summed E-state index contributed by atoms with van der Waals surface area (Å²) in [6, 6.07) is 17.3. The van der Waals surface area contributed by atoms with Crippen molar-refractivity contribution < 1.29 is 4.74 Å². The van der Waals surface area contributed by atoms with Crippen LogP contribution in [0.1, 0.15) is 48.0 Å². The van der Waals surface area contributed by atoms with Crippen LogP contribution in [0.15, 0.2) is 54.7 Å². The molecule has 0 saturated heterocycles. The fourth-order valence-electron chi connectivity index (χ4n) is 4.90. The average Bonchev–Trinajstić information content (AvgIpc) is 3.34. The first-order valence-corrected chi connectivity index (χ1v) is 11.3. The van der Waals surface area contributed by atoms with Crippen LogP contribution in [0.2, 0.25) is 0 Å². The van der Waals surface area contributed by atoms with Crippen molar-refractivity contribution >= 4 is 10.9 Å². The molecule has 160 valence electrons. The highest BCUT2D eigenvalue weighted by Crippen LogP contribution is 2.42. The molecule has 0 bridgehead atoms. The van der Waals surface area contributed by atoms with E-state index in [2.05, 4.69) is 83.6 Å². The number of para-hydroxylation sites is 2. The standard InChI is InChI=1S/C26H30N4O/c1-4-30-17-19(18(3)28-30)16-29-15-14-21-20-10-6-8-12-23(20)27-25(21)26(29)22-11-7-9-13-24(22)31-5-2/h6-13,17,26-27H,4-5,14-16H2,1-3H3/t26-/m1/s1. The number of aryl methyl sites for hydroxylation is 2. The molecule has 5 nitrogen and oxygen atoms in total. The molecule has 1 N–H and O–H groups in total. The summed E-state index contributed by atoms with van der Waals surface area (Å²) in [6.45, 7) is 9.71. The second-order valence-electron chi connectivity index (χ2n) is 8.25. The Labute approximate surface area is 183 Å². The van der Waals surface area contributed by atoms with Gasteiger partial charge in [-0.15, -0.1) is 0 Å². The molecule has 0 saturated carbocycles. The summed E-state index contributed by atoms with van der Waals surface area (Å²) in [5, 5.41) is 6.01. The summed E-state index contributed by atoms with van der Waals surface area (Å²) in [5.41, 5.74) is 7.56. The third-order valence-corrected chi connectivity index (χ3v) is 6.39. The molecule has 5 rings (SSSR count). The lowest BCUT2D eigenvalue weighted by Crippen LogP contribution is -2.36. The molecule has 2 aromatic carbocycles. The molecular formula is C26H30N4O. The van der Waals surface area contributed by atoms with E-state index in [0.29, 0.717) is 6.61 Å². The van der Waals surface area contributed by atoms with Crippen LogP contribution in [0.25, 0.3) is 10.9 Å². The van der Waals surface area contributed by atoms with Gasteiger partial charge in [-0.1, -0.05) is 36.4 Å². The molecule has 0 aliphatic carbocycles. The first kappa shape index (κ1) is 19.9. The van der Waals surface area contributed by atoms with Crippen LogP contribution in [-0.4, -0.2) is 32.8 Å². The van der Waals surface area contributed by atoms with Crippen molar-refractivity contribution in [1.29, 1.82) is 0 Å². The van der Waals surface area contributed by atoms with E-state index in [1.807, 2.05) is 11.6 Å². The third kappa shape index (κ3) is 3.53. The van der Waals surface area contributed by atoms with E-state index in [1.165, 1.54) is 33.3 Å². The molecule has 0 unspecified atom stereocenters. The largest absolute Gasteiger partial charge is 0.494 e. The van der Waals surface area contributed by atoms with Crippen molar-refractivity contribution in [2.75, 3.05) is 13.2 Å². The number of hydrogen-bond donors (Lipinski definition) is 1. The van der Waals surface area contributed by atoms with Crippen LogP contribution >= 0.6 is 0 Å². The first-order chi connectivity index (χ1) is 15.2. The zero-order valence-electron chi connectivity index (χ0n) is 18.6. The number of aromatic amines is 1. The van der Waals surface area contributed by atoms with Gasteiger partial charge in [0, 0.05) is 53.6 Å². The van der Waals surface area contributed by atoms with Gasteiger partial charge in [0.25, 0.3) is 0 Å². The van der Waals surface area contributed by atoms with E-state index < -0.39 is 0 Å². The minimum Gasteiger partial charge on any atom is -0.494 e. The molecule has 0 fully saturated rings. The molecule has 1 aliphatic rings. The van der Waals surface area contributed by atoms with Crippen molar-refractivity contribution in [3.05, 3.63) is 82.8 Å². The summed E-state index contributed by atoms with van der Waals surface area (Å²) in [6.07, 6.45) is 3.23. The Morgan fingerprint density at radius 1 is 1.10 bits per heavy atom. The van der Waals surface area contributed by atoms with E-state index in [0.717, 1.165) is 37.5 Å². The minimum absolute atomic E-state index is 0.114. The number of rotatable bonds is 6. The topological polar surface area (TPSA) is 46.1 Å². The molecule has 1 atom stereocenters. The Morgan fingerprint density at radius 3 is 2.71 bits per heavy atom. The maximum absolute atomic E-state index is 6.07. The Bertz CT molecular complexity index is 1210. The van der Waals surface area contributed by atoms with E-state index in [4.69, 9.17) is 4.74 Å². The van der Waals surface area contributed by atoms with Gasteiger partial charge < -0.3 is 9.72 Å². The second kappa shape index (κ2) is 8.23. The molecular weight excluding hydrogens is 384 g/mol. The number of nitrogens with one attached hydrogen (secondary N) is 1. The average molecular weight is 415 g/mol. The van der Waals surface area contributed by atoms with Gasteiger partial charge >= 0.3 is 0 Å². The smallest absolute Gasteiger partial charge is 0.124 e. The lowest BCUT2D eigenvalue weighted by Gasteiger charge is -2.36. The molecule has 3 heterocycles. The highest BCUT2D eigenvalue weighted by Gasteiger charge is 2.33. The number of aromatic nitrogens is 3. The fourth-order valence-corrected chi connectivity index (χ4v) is 4.90. The van der Waals surface area contributed by atoms with E-state index >= 15 is 0 Å². The molecule has 0 amide bonds. The molecule has 31 heavy (non-hydrogen) atoms. The normalized spacial score (nSPS) is 16.5. The summed E-state index contributed by atoms with van der Waals surface area (Å²) in [7, 11) is 0. The van der Waals surface area contributed by atoms with Gasteiger partial charge in [-0.25, -0.2) is 0 Å². The first-order valence-electron chi connectivity index (χ1n) is 11.3. The van der Waals surface area contributed by atoms with Crippen LogP contribution in [0.5, 0.6) is 5.75 Å². The van der Waals surface area contributed by atoms with Crippen molar-refractivity contribution in [2.24, 2.45) is 0 Å². The number of nitrogens with zero attached hydrogens (tertiary/aromatic N) is 3.